The fourth-order valence-electron chi connectivity index (χ4n) is 13.2. The monoisotopic (exact) mass is 1780 g/mol. The lowest BCUT2D eigenvalue weighted by molar-refractivity contribution is -0.162. The molecule has 2 N–H and O–H groups in total. The van der Waals surface area contributed by atoms with Crippen molar-refractivity contribution in [3.8, 4) is 74.7 Å². The molecule has 1 saturated heterocycles. The fraction of sp³-hybridized carbons (Fsp3) is 0.324. The molecule has 1 amide bonds. The molecule has 1 fully saturated rings. The van der Waals surface area contributed by atoms with Crippen LogP contribution in [0, 0.1) is 0 Å². The van der Waals surface area contributed by atoms with Crippen molar-refractivity contribution >= 4 is 41.6 Å². The Balaban J connectivity index is 0.000000297. The summed E-state index contributed by atoms with van der Waals surface area (Å²) in [6.45, 7) is 5.88. The number of ether oxygens (including phenoxy) is 14. The van der Waals surface area contributed by atoms with Gasteiger partial charge in [-0.25, -0.2) is 4.79 Å². The zero-order valence-corrected chi connectivity index (χ0v) is 76.1. The number of aromatic nitrogens is 5. The minimum atomic E-state index is -0.692. The lowest BCUT2D eigenvalue weighted by Gasteiger charge is -2.37. The quantitative estimate of drug-likeness (QED) is 0.0161. The summed E-state index contributed by atoms with van der Waals surface area (Å²) in [6, 6.07) is 48.6. The van der Waals surface area contributed by atoms with Crippen LogP contribution in [-0.4, -0.2) is 187 Å². The van der Waals surface area contributed by atoms with E-state index in [9.17, 15) is 33.9 Å². The van der Waals surface area contributed by atoms with E-state index in [1.165, 1.54) is 20.1 Å². The molecule has 0 spiro atoms. The second-order valence-electron chi connectivity index (χ2n) is 28.2. The van der Waals surface area contributed by atoms with Crippen LogP contribution in [0.1, 0.15) is 172 Å². The van der Waals surface area contributed by atoms with Crippen LogP contribution in [0.2, 0.25) is 0 Å². The lowest BCUT2D eigenvalue weighted by Crippen LogP contribution is -2.50. The third kappa shape index (κ3) is 33.5. The van der Waals surface area contributed by atoms with Crippen LogP contribution in [0.15, 0.2) is 232 Å². The molecule has 1 aliphatic heterocycles. The van der Waals surface area contributed by atoms with Crippen LogP contribution < -0.4 is 61.6 Å². The lowest BCUT2D eigenvalue weighted by atomic mass is 9.91. The van der Waals surface area contributed by atoms with Crippen molar-refractivity contribution in [1.29, 1.82) is 0 Å². The third-order valence-corrected chi connectivity index (χ3v) is 20.0. The number of rotatable bonds is 35. The molecule has 4 atom stereocenters. The maximum atomic E-state index is 14.2. The summed E-state index contributed by atoms with van der Waals surface area (Å²) in [4.78, 5) is 94.6. The van der Waals surface area contributed by atoms with E-state index < -0.39 is 30.1 Å². The van der Waals surface area contributed by atoms with E-state index in [1.807, 2.05) is 97.9 Å². The van der Waals surface area contributed by atoms with Crippen LogP contribution in [-0.2, 0) is 33.6 Å². The van der Waals surface area contributed by atoms with Gasteiger partial charge in [0.25, 0.3) is 0 Å². The molecular weight excluding hydrogens is 1660 g/mol. The standard InChI is InChI=1S/C35H44N2O8.C16H19NO3.C16H17NO3.C16H15NO3.C9H10O3.C7H7NO.C2H6O.CH4/c1-7-26(25-20-31(42-4)33(44-6)32(21-25)43-5)34(38)37-18-9-8-12-27(37)35(39)45-28(24-11-10-17-36-22-24)15-13-23-14-16-29(40-2)30(19-23)41-3;3*1-19-15-8-6-12(10-16(15)20-2)5-7-14(18)13-4-3-9-17-11-13;1-11-8-4-3-7(6-10)5-9(8)12-2;1-6(9)7-3-2-4-8-5-7;1-2-3;/h10-11,14,16-17,19-22,26-28H,7-9,12-13,15,18H2,1-6H3;3-4,6,8-11,14,18H,5,7H2,1-2H3;3-4,6,8-11H,5,7H2,1-2H3;3-11H,1-2H3;3-6H,1-2H3;2-5H,1H3;3H,2H2,1H3;1H4/b;;;7-5+;;;;/t26-,27-,28?;14-;;;;;;/m01....../s1. The molecule has 28 nitrogen and oxygen atoms in total. The number of ketones is 3. The Morgan fingerprint density at radius 2 is 0.838 bits per heavy atom. The Kier molecular flexibility index (Phi) is 48.2. The second-order valence-corrected chi connectivity index (χ2v) is 28.2. The van der Waals surface area contributed by atoms with Crippen molar-refractivity contribution < 1.29 is 105 Å². The summed E-state index contributed by atoms with van der Waals surface area (Å²) in [5, 5.41) is 17.7. The maximum absolute atomic E-state index is 14.2. The second kappa shape index (κ2) is 58.9. The molecule has 11 aromatic rings. The zero-order valence-electron chi connectivity index (χ0n) is 76.1. The molecule has 12 rings (SSSR count). The highest BCUT2D eigenvalue weighted by atomic mass is 16.6. The van der Waals surface area contributed by atoms with Gasteiger partial charge < -0.3 is 81.4 Å². The molecule has 692 valence electrons. The number of hydrogen-bond acceptors (Lipinski definition) is 27. The number of aldehydes is 1. The van der Waals surface area contributed by atoms with E-state index in [1.54, 1.807) is 238 Å². The minimum absolute atomic E-state index is 0. The molecular formula is C102H122N6O22. The average molecular weight is 1780 g/mol. The average Bonchev–Trinajstić information content (AvgIpc) is 0.789. The van der Waals surface area contributed by atoms with E-state index in [4.69, 9.17) is 71.4 Å². The highest BCUT2D eigenvalue weighted by molar-refractivity contribution is 6.06. The first-order chi connectivity index (χ1) is 62.6. The van der Waals surface area contributed by atoms with Gasteiger partial charge in [-0.05, 0) is 238 Å². The summed E-state index contributed by atoms with van der Waals surface area (Å²) in [7, 11) is 20.5. The number of aliphatic hydroxyl groups is 2. The molecule has 0 radical (unpaired) electrons. The fourth-order valence-corrected chi connectivity index (χ4v) is 13.2. The topological polar surface area (TPSA) is 340 Å². The van der Waals surface area contributed by atoms with Gasteiger partial charge in [0.1, 0.15) is 18.4 Å². The summed E-state index contributed by atoms with van der Waals surface area (Å²) in [5.41, 5.74) is 8.84. The van der Waals surface area contributed by atoms with Crippen molar-refractivity contribution in [3.63, 3.8) is 0 Å². The Hall–Kier alpha value is -14.3. The number of benzene rings is 6. The highest BCUT2D eigenvalue weighted by Crippen LogP contribution is 2.42. The Labute approximate surface area is 762 Å². The predicted molar refractivity (Wildman–Crippen MR) is 499 cm³/mol. The van der Waals surface area contributed by atoms with Gasteiger partial charge >= 0.3 is 5.97 Å². The maximum Gasteiger partial charge on any atom is 0.329 e. The predicted octanol–water partition coefficient (Wildman–Crippen LogP) is 18.0. The van der Waals surface area contributed by atoms with Crippen LogP contribution in [0.4, 0.5) is 0 Å². The molecule has 28 heteroatoms. The van der Waals surface area contributed by atoms with E-state index in [0.717, 1.165) is 64.5 Å². The molecule has 1 aliphatic rings. The smallest absolute Gasteiger partial charge is 0.329 e. The number of allylic oxidation sites excluding steroid dienone is 1. The molecule has 6 heterocycles. The number of carbonyl (C=O) groups is 6. The molecule has 5 aromatic heterocycles. The molecule has 0 aliphatic carbocycles. The first-order valence-electron chi connectivity index (χ1n) is 41.5. The molecule has 1 unspecified atom stereocenters. The van der Waals surface area contributed by atoms with Gasteiger partial charge in [-0.15, -0.1) is 0 Å². The number of amides is 1. The van der Waals surface area contributed by atoms with Crippen molar-refractivity contribution in [1.82, 2.24) is 29.8 Å². The number of likely N-dealkylation sites (tertiary alicyclic amines) is 1. The number of aryl methyl sites for hydroxylation is 3. The number of aliphatic hydroxyl groups excluding tert-OH is 2. The molecule has 0 bridgehead atoms. The number of Topliss-reactive ketones (excluding diaryl/α,β-unsaturated/α-hetero) is 2. The van der Waals surface area contributed by atoms with Gasteiger partial charge in [0.05, 0.1) is 104 Å². The normalized spacial score (nSPS) is 12.1. The van der Waals surface area contributed by atoms with Crippen LogP contribution in [0.25, 0.3) is 6.08 Å². The first-order valence-corrected chi connectivity index (χ1v) is 41.5. The van der Waals surface area contributed by atoms with E-state index >= 15 is 0 Å². The van der Waals surface area contributed by atoms with Gasteiger partial charge in [-0.2, -0.15) is 0 Å². The van der Waals surface area contributed by atoms with Crippen molar-refractivity contribution in [2.45, 2.75) is 117 Å². The summed E-state index contributed by atoms with van der Waals surface area (Å²) >= 11 is 0. The van der Waals surface area contributed by atoms with Gasteiger partial charge in [0.15, 0.2) is 86.3 Å². The Morgan fingerprint density at radius 3 is 1.25 bits per heavy atom. The van der Waals surface area contributed by atoms with Gasteiger partial charge in [0, 0.05) is 109 Å². The van der Waals surface area contributed by atoms with Crippen LogP contribution in [0.3, 0.4) is 0 Å². The molecule has 6 aromatic carbocycles. The van der Waals surface area contributed by atoms with Gasteiger partial charge in [-0.3, -0.25) is 48.9 Å². The van der Waals surface area contributed by atoms with E-state index in [2.05, 4.69) is 24.9 Å². The van der Waals surface area contributed by atoms with Gasteiger partial charge in [-0.1, -0.05) is 56.8 Å². The number of pyridine rings is 5. The summed E-state index contributed by atoms with van der Waals surface area (Å²) in [5.74, 6) is 6.98. The molecule has 130 heavy (non-hydrogen) atoms. The van der Waals surface area contributed by atoms with E-state index in [0.29, 0.717) is 148 Å². The largest absolute Gasteiger partial charge is 0.493 e. The third-order valence-electron chi connectivity index (χ3n) is 20.0. The number of methoxy groups -OCH3 is 13. The zero-order chi connectivity index (χ0) is 93.8. The number of carbonyl (C=O) groups excluding carboxylic acids is 6. The summed E-state index contributed by atoms with van der Waals surface area (Å²) in [6.07, 6.45) is 25.7. The number of piperidine rings is 1. The van der Waals surface area contributed by atoms with E-state index in [-0.39, 0.29) is 37.3 Å². The number of nitrogens with zero attached hydrogens (tertiary/aromatic N) is 6. The van der Waals surface area contributed by atoms with Gasteiger partial charge in [0.2, 0.25) is 11.7 Å². The minimum Gasteiger partial charge on any atom is -0.493 e. The molecule has 0 saturated carbocycles. The SMILES string of the molecule is C.CC(=O)c1cccnc1.CCO.CC[C@H](C(=O)N1CCCC[C@H]1C(=O)OC(CCc1ccc(OC)c(OC)c1)c1cccnc1)c1cc(OC)c(OC)c(OC)c1.COc1ccc(/C=C/C(=O)c2cccnc2)cc1OC.COc1ccc(C=O)cc1OC.COc1ccc(CCC(=O)c2cccnc2)cc1OC.COc1ccc(CC[C@@H](O)c2cccnc2)cc1OC. The number of hydrogen-bond donors (Lipinski definition) is 2. The summed E-state index contributed by atoms with van der Waals surface area (Å²) < 4.78 is 74.9. The van der Waals surface area contributed by atoms with Crippen LogP contribution >= 0.6 is 0 Å². The highest BCUT2D eigenvalue weighted by Gasteiger charge is 2.38. The van der Waals surface area contributed by atoms with Crippen molar-refractivity contribution in [3.05, 3.63) is 293 Å². The first kappa shape index (κ1) is 106. The van der Waals surface area contributed by atoms with Crippen LogP contribution in [0.5, 0.6) is 74.7 Å². The number of esters is 1. The Morgan fingerprint density at radius 1 is 0.438 bits per heavy atom. The van der Waals surface area contributed by atoms with Crippen molar-refractivity contribution in [2.75, 3.05) is 106 Å². The Bertz CT molecular complexity index is 5220. The van der Waals surface area contributed by atoms with Crippen molar-refractivity contribution in [2.24, 2.45) is 0 Å².